The first-order valence-electron chi connectivity index (χ1n) is 9.89. The number of halogens is 1. The van der Waals surface area contributed by atoms with Gasteiger partial charge in [-0.05, 0) is 50.1 Å². The highest BCUT2D eigenvalue weighted by molar-refractivity contribution is 6.31. The first-order valence-corrected chi connectivity index (χ1v) is 10.3. The molecule has 0 unspecified atom stereocenters. The predicted molar refractivity (Wildman–Crippen MR) is 117 cm³/mol. The van der Waals surface area contributed by atoms with Crippen molar-refractivity contribution in [2.24, 2.45) is 5.92 Å². The van der Waals surface area contributed by atoms with Gasteiger partial charge in [0.05, 0.1) is 11.8 Å². The molecule has 3 aromatic rings. The number of furan rings is 1. The van der Waals surface area contributed by atoms with E-state index in [1.54, 1.807) is 6.26 Å². The quantitative estimate of drug-likeness (QED) is 0.566. The van der Waals surface area contributed by atoms with E-state index in [1.165, 1.54) is 0 Å². The van der Waals surface area contributed by atoms with Crippen molar-refractivity contribution in [3.05, 3.63) is 41.6 Å². The molecule has 1 amide bonds. The van der Waals surface area contributed by atoms with Gasteiger partial charge in [0.25, 0.3) is 0 Å². The number of anilines is 1. The van der Waals surface area contributed by atoms with Crippen molar-refractivity contribution < 1.29 is 9.21 Å². The molecule has 2 aromatic heterocycles. The van der Waals surface area contributed by atoms with Crippen LogP contribution in [0.2, 0.25) is 5.02 Å². The van der Waals surface area contributed by atoms with E-state index in [4.69, 9.17) is 21.0 Å². The molecule has 7 heteroatoms. The summed E-state index contributed by atoms with van der Waals surface area (Å²) in [7, 11) is 0. The third kappa shape index (κ3) is 5.48. The van der Waals surface area contributed by atoms with Gasteiger partial charge in [-0.15, -0.1) is 0 Å². The molecule has 0 aliphatic heterocycles. The Morgan fingerprint density at radius 1 is 1.21 bits per heavy atom. The zero-order valence-corrected chi connectivity index (χ0v) is 18.0. The number of carbonyl (C=O) groups is 1. The molecule has 0 saturated heterocycles. The molecule has 154 valence electrons. The number of hydrogen-bond donors (Lipinski definition) is 1. The predicted octanol–water partition coefficient (Wildman–Crippen LogP) is 4.92. The Balaban J connectivity index is 2.03. The van der Waals surface area contributed by atoms with Crippen molar-refractivity contribution in [3.63, 3.8) is 0 Å². The fourth-order valence-electron chi connectivity index (χ4n) is 3.20. The lowest BCUT2D eigenvalue weighted by Crippen LogP contribution is -2.36. The second-order valence-electron chi connectivity index (χ2n) is 7.82. The highest BCUT2D eigenvalue weighted by Crippen LogP contribution is 2.30. The Kier molecular flexibility index (Phi) is 6.75. The zero-order chi connectivity index (χ0) is 21.0. The van der Waals surface area contributed by atoms with Crippen LogP contribution in [0.1, 0.15) is 34.1 Å². The Labute approximate surface area is 176 Å². The van der Waals surface area contributed by atoms with Crippen LogP contribution in [0.4, 0.5) is 5.82 Å². The van der Waals surface area contributed by atoms with Gasteiger partial charge in [-0.3, -0.25) is 4.79 Å². The molecule has 0 aliphatic rings. The van der Waals surface area contributed by atoms with Gasteiger partial charge in [-0.1, -0.05) is 25.4 Å². The van der Waals surface area contributed by atoms with Crippen molar-refractivity contribution >= 4 is 34.2 Å². The number of carbonyl (C=O) groups excluding carboxylic acids is 1. The van der Waals surface area contributed by atoms with Gasteiger partial charge in [0.15, 0.2) is 11.6 Å². The summed E-state index contributed by atoms with van der Waals surface area (Å²) in [5.74, 6) is 2.30. The molecule has 0 atom stereocenters. The summed E-state index contributed by atoms with van der Waals surface area (Å²) in [6.07, 6.45) is 1.99. The maximum absolute atomic E-state index is 12.2. The van der Waals surface area contributed by atoms with Crippen molar-refractivity contribution in [2.45, 2.75) is 40.2 Å². The zero-order valence-electron chi connectivity index (χ0n) is 17.3. The lowest BCUT2D eigenvalue weighted by atomic mass is 10.1. The molecule has 0 aliphatic carbocycles. The molecule has 1 aromatic carbocycles. The Bertz CT molecular complexity index is 970. The Morgan fingerprint density at radius 3 is 2.66 bits per heavy atom. The second kappa shape index (κ2) is 9.27. The molecule has 0 fully saturated rings. The van der Waals surface area contributed by atoms with Crippen LogP contribution in [0, 0.1) is 5.92 Å². The summed E-state index contributed by atoms with van der Waals surface area (Å²) < 4.78 is 5.52. The van der Waals surface area contributed by atoms with Crippen LogP contribution >= 0.6 is 11.6 Å². The minimum absolute atomic E-state index is 0.0291. The van der Waals surface area contributed by atoms with Crippen molar-refractivity contribution in [3.8, 4) is 11.6 Å². The number of fused-ring (bicyclic) bond motifs is 1. The van der Waals surface area contributed by atoms with E-state index in [2.05, 4.69) is 29.0 Å². The number of hydrogen-bond acceptors (Lipinski definition) is 5. The van der Waals surface area contributed by atoms with Crippen LogP contribution < -0.4 is 10.2 Å². The first-order chi connectivity index (χ1) is 13.8. The van der Waals surface area contributed by atoms with Crippen LogP contribution in [0.3, 0.4) is 0 Å². The molecule has 0 saturated carbocycles. The molecule has 2 heterocycles. The number of rotatable bonds is 8. The van der Waals surface area contributed by atoms with Crippen LogP contribution in [0.15, 0.2) is 41.0 Å². The second-order valence-corrected chi connectivity index (χ2v) is 8.26. The van der Waals surface area contributed by atoms with Crippen molar-refractivity contribution in [2.75, 3.05) is 18.0 Å². The molecule has 6 nitrogen and oxygen atoms in total. The van der Waals surface area contributed by atoms with E-state index in [0.717, 1.165) is 23.3 Å². The number of nitrogens with one attached hydrogen (secondary N) is 1. The molecule has 0 spiro atoms. The molecule has 3 rings (SSSR count). The van der Waals surface area contributed by atoms with Gasteiger partial charge in [0.2, 0.25) is 5.91 Å². The van der Waals surface area contributed by atoms with Crippen molar-refractivity contribution in [1.29, 1.82) is 0 Å². The standard InChI is InChI=1S/C22H27ClN4O2/c1-14(2)13-27(10-9-20(28)24-15(3)4)22-17-8-7-16(23)12-18(17)25-21(26-22)19-6-5-11-29-19/h5-8,11-12,14-15H,9-10,13H2,1-4H3,(H,24,28). The fraction of sp³-hybridized carbons (Fsp3) is 0.409. The molecule has 0 radical (unpaired) electrons. The van der Waals surface area contributed by atoms with Crippen molar-refractivity contribution in [1.82, 2.24) is 15.3 Å². The number of nitrogens with zero attached hydrogens (tertiary/aromatic N) is 3. The maximum Gasteiger partial charge on any atom is 0.221 e. The fourth-order valence-corrected chi connectivity index (χ4v) is 3.36. The summed E-state index contributed by atoms with van der Waals surface area (Å²) in [5, 5.41) is 4.46. The SMILES string of the molecule is CC(C)CN(CCC(=O)NC(C)C)c1nc(-c2ccco2)nc2cc(Cl)ccc12. The largest absolute Gasteiger partial charge is 0.461 e. The van der Waals surface area contributed by atoms with E-state index in [1.807, 2.05) is 44.2 Å². The summed E-state index contributed by atoms with van der Waals surface area (Å²) >= 11 is 6.21. The van der Waals surface area contributed by atoms with Crippen LogP contribution in [-0.4, -0.2) is 35.0 Å². The van der Waals surface area contributed by atoms with Gasteiger partial charge < -0.3 is 14.6 Å². The average Bonchev–Trinajstić information content (AvgIpc) is 3.18. The Hall–Kier alpha value is -2.60. The summed E-state index contributed by atoms with van der Waals surface area (Å²) in [5.41, 5.74) is 0.745. The molecular formula is C22H27ClN4O2. The summed E-state index contributed by atoms with van der Waals surface area (Å²) in [6, 6.07) is 9.35. The monoisotopic (exact) mass is 414 g/mol. The van der Waals surface area contributed by atoms with Crippen LogP contribution in [0.25, 0.3) is 22.5 Å². The molecule has 1 N–H and O–H groups in total. The van der Waals surface area contributed by atoms with Gasteiger partial charge in [-0.2, -0.15) is 0 Å². The van der Waals surface area contributed by atoms with Crippen LogP contribution in [-0.2, 0) is 4.79 Å². The van der Waals surface area contributed by atoms with Gasteiger partial charge in [0.1, 0.15) is 5.82 Å². The molecular weight excluding hydrogens is 388 g/mol. The third-order valence-corrected chi connectivity index (χ3v) is 4.56. The Morgan fingerprint density at radius 2 is 2.00 bits per heavy atom. The lowest BCUT2D eigenvalue weighted by Gasteiger charge is -2.27. The molecule has 29 heavy (non-hydrogen) atoms. The van der Waals surface area contributed by atoms with E-state index < -0.39 is 0 Å². The average molecular weight is 415 g/mol. The first kappa shape index (κ1) is 21.1. The van der Waals surface area contributed by atoms with E-state index in [9.17, 15) is 4.79 Å². The summed E-state index contributed by atoms with van der Waals surface area (Å²) in [6.45, 7) is 9.54. The minimum Gasteiger partial charge on any atom is -0.461 e. The smallest absolute Gasteiger partial charge is 0.221 e. The normalized spacial score (nSPS) is 11.4. The van der Waals surface area contributed by atoms with Gasteiger partial charge in [0, 0.05) is 36.0 Å². The van der Waals surface area contributed by atoms with Gasteiger partial charge in [-0.25, -0.2) is 9.97 Å². The topological polar surface area (TPSA) is 71.3 Å². The highest BCUT2D eigenvalue weighted by Gasteiger charge is 2.19. The van der Waals surface area contributed by atoms with E-state index >= 15 is 0 Å². The molecule has 0 bridgehead atoms. The van der Waals surface area contributed by atoms with Gasteiger partial charge >= 0.3 is 0 Å². The highest BCUT2D eigenvalue weighted by atomic mass is 35.5. The minimum atomic E-state index is 0.0291. The lowest BCUT2D eigenvalue weighted by molar-refractivity contribution is -0.121. The number of amides is 1. The van der Waals surface area contributed by atoms with E-state index in [-0.39, 0.29) is 11.9 Å². The van der Waals surface area contributed by atoms with Crippen LogP contribution in [0.5, 0.6) is 0 Å². The number of aromatic nitrogens is 2. The number of benzene rings is 1. The maximum atomic E-state index is 12.2. The summed E-state index contributed by atoms with van der Waals surface area (Å²) in [4.78, 5) is 23.8. The van der Waals surface area contributed by atoms with E-state index in [0.29, 0.717) is 35.5 Å². The third-order valence-electron chi connectivity index (χ3n) is 4.32.